The van der Waals surface area contributed by atoms with Crippen LogP contribution in [-0.4, -0.2) is 40.5 Å². The molecule has 3 aliphatic rings. The first-order valence-corrected chi connectivity index (χ1v) is 10.1. The molecule has 3 heterocycles. The van der Waals surface area contributed by atoms with Crippen molar-refractivity contribution in [1.82, 2.24) is 10.0 Å². The molecular formula is C21H19Cl2N3O2. The number of rotatable bonds is 2. The van der Waals surface area contributed by atoms with Crippen molar-refractivity contribution in [2.24, 2.45) is 5.92 Å². The van der Waals surface area contributed by atoms with Crippen molar-refractivity contribution >= 4 is 40.7 Å². The Morgan fingerprint density at radius 2 is 1.75 bits per heavy atom. The van der Waals surface area contributed by atoms with Crippen molar-refractivity contribution in [3.63, 3.8) is 0 Å². The van der Waals surface area contributed by atoms with E-state index in [4.69, 9.17) is 23.2 Å². The van der Waals surface area contributed by atoms with E-state index >= 15 is 0 Å². The van der Waals surface area contributed by atoms with Crippen LogP contribution in [0.5, 0.6) is 0 Å². The van der Waals surface area contributed by atoms with Gasteiger partial charge in [-0.1, -0.05) is 53.5 Å². The molecule has 0 unspecified atom stereocenters. The van der Waals surface area contributed by atoms with E-state index in [9.17, 15) is 9.59 Å². The van der Waals surface area contributed by atoms with Crippen LogP contribution in [0.3, 0.4) is 0 Å². The van der Waals surface area contributed by atoms with Gasteiger partial charge in [0.2, 0.25) is 5.91 Å². The Kier molecular flexibility index (Phi) is 4.07. The zero-order valence-electron chi connectivity index (χ0n) is 15.3. The van der Waals surface area contributed by atoms with Gasteiger partial charge in [-0.25, -0.2) is 14.9 Å². The van der Waals surface area contributed by atoms with E-state index in [-0.39, 0.29) is 17.9 Å². The number of hydrogen-bond donors (Lipinski definition) is 0. The van der Waals surface area contributed by atoms with Crippen molar-refractivity contribution in [1.29, 1.82) is 0 Å². The molecule has 0 spiro atoms. The fourth-order valence-corrected chi connectivity index (χ4v) is 5.32. The van der Waals surface area contributed by atoms with Crippen LogP contribution in [0, 0.1) is 5.92 Å². The summed E-state index contributed by atoms with van der Waals surface area (Å²) in [6.07, 6.45) is 0.972. The summed E-state index contributed by atoms with van der Waals surface area (Å²) in [6, 6.07) is 14.7. The zero-order valence-corrected chi connectivity index (χ0v) is 16.8. The highest BCUT2D eigenvalue weighted by Crippen LogP contribution is 2.54. The van der Waals surface area contributed by atoms with Crippen molar-refractivity contribution in [2.75, 3.05) is 18.0 Å². The topological polar surface area (TPSA) is 43.9 Å². The van der Waals surface area contributed by atoms with E-state index in [0.717, 1.165) is 25.1 Å². The molecule has 144 valence electrons. The van der Waals surface area contributed by atoms with E-state index in [0.29, 0.717) is 15.7 Å². The van der Waals surface area contributed by atoms with Crippen LogP contribution in [0.25, 0.3) is 0 Å². The highest BCUT2D eigenvalue weighted by atomic mass is 35.5. The number of hydrogen-bond acceptors (Lipinski definition) is 4. The average Bonchev–Trinajstić information content (AvgIpc) is 3.31. The van der Waals surface area contributed by atoms with Gasteiger partial charge in [-0.2, -0.15) is 0 Å². The predicted octanol–water partition coefficient (Wildman–Crippen LogP) is 3.92. The minimum atomic E-state index is -0.903. The van der Waals surface area contributed by atoms with Crippen LogP contribution in [0.2, 0.25) is 10.0 Å². The molecule has 0 bridgehead atoms. The molecule has 0 aliphatic carbocycles. The van der Waals surface area contributed by atoms with Gasteiger partial charge in [0.1, 0.15) is 5.54 Å². The number of imide groups is 1. The molecule has 28 heavy (non-hydrogen) atoms. The number of anilines is 1. The van der Waals surface area contributed by atoms with Crippen molar-refractivity contribution in [2.45, 2.75) is 24.9 Å². The lowest BCUT2D eigenvalue weighted by atomic mass is 9.81. The Morgan fingerprint density at radius 1 is 1.00 bits per heavy atom. The summed E-state index contributed by atoms with van der Waals surface area (Å²) in [5.74, 6) is -0.863. The van der Waals surface area contributed by atoms with E-state index in [1.165, 1.54) is 4.90 Å². The normalized spacial score (nSPS) is 30.2. The molecule has 3 saturated heterocycles. The molecule has 0 radical (unpaired) electrons. The standard InChI is InChI=1S/C21H19Cl2N3O2/c1-21-17(18(13-6-3-2-4-7-13)24-10-5-11-25(21)24)19(27)26(20(21)28)14-8-9-15(22)16(23)12-14/h2-4,6-9,12,17-18H,5,10-11H2,1H3/t17-,18+,21+/m1/s1. The van der Waals surface area contributed by atoms with Gasteiger partial charge in [-0.15, -0.1) is 0 Å². The molecular weight excluding hydrogens is 397 g/mol. The summed E-state index contributed by atoms with van der Waals surface area (Å²) in [7, 11) is 0. The number of amides is 2. The number of nitrogens with zero attached hydrogens (tertiary/aromatic N) is 3. The smallest absolute Gasteiger partial charge is 0.256 e. The Balaban J connectivity index is 1.64. The van der Waals surface area contributed by atoms with Gasteiger partial charge in [-0.05, 0) is 37.1 Å². The summed E-state index contributed by atoms with van der Waals surface area (Å²) in [6.45, 7) is 3.51. The van der Waals surface area contributed by atoms with Crippen molar-refractivity contribution in [3.8, 4) is 0 Å². The third kappa shape index (κ3) is 2.28. The van der Waals surface area contributed by atoms with Gasteiger partial charge in [0.25, 0.3) is 5.91 Å². The van der Waals surface area contributed by atoms with Gasteiger partial charge >= 0.3 is 0 Å². The van der Waals surface area contributed by atoms with E-state index in [2.05, 4.69) is 10.0 Å². The minimum absolute atomic E-state index is 0.155. The lowest BCUT2D eigenvalue weighted by Gasteiger charge is -2.33. The second-order valence-corrected chi connectivity index (χ2v) is 8.51. The summed E-state index contributed by atoms with van der Waals surface area (Å²) < 4.78 is 0. The maximum atomic E-state index is 13.6. The lowest BCUT2D eigenvalue weighted by molar-refractivity contribution is -0.131. The minimum Gasteiger partial charge on any atom is -0.274 e. The molecule has 7 heteroatoms. The largest absolute Gasteiger partial charge is 0.274 e. The number of carbonyl (C=O) groups is 2. The molecule has 3 atom stereocenters. The summed E-state index contributed by atoms with van der Waals surface area (Å²) in [5.41, 5.74) is 0.623. The SMILES string of the molecule is C[C@@]12C(=O)N(c3ccc(Cl)c(Cl)c3)C(=O)[C@H]1[C@H](c1ccccc1)N1CCCN12. The van der Waals surface area contributed by atoms with Crippen LogP contribution in [0.4, 0.5) is 5.69 Å². The maximum absolute atomic E-state index is 13.6. The second-order valence-electron chi connectivity index (χ2n) is 7.70. The van der Waals surface area contributed by atoms with Gasteiger partial charge in [0, 0.05) is 13.1 Å². The molecule has 2 aromatic rings. The van der Waals surface area contributed by atoms with E-state index < -0.39 is 11.5 Å². The van der Waals surface area contributed by atoms with Crippen LogP contribution >= 0.6 is 23.2 Å². The lowest BCUT2D eigenvalue weighted by Crippen LogP contribution is -2.52. The van der Waals surface area contributed by atoms with Crippen molar-refractivity contribution < 1.29 is 9.59 Å². The van der Waals surface area contributed by atoms with Crippen molar-refractivity contribution in [3.05, 3.63) is 64.1 Å². The fraction of sp³-hybridized carbons (Fsp3) is 0.333. The first-order chi connectivity index (χ1) is 13.4. The summed E-state index contributed by atoms with van der Waals surface area (Å²) >= 11 is 12.2. The average molecular weight is 416 g/mol. The third-order valence-electron chi connectivity index (χ3n) is 6.27. The van der Waals surface area contributed by atoms with Gasteiger partial charge in [0.15, 0.2) is 0 Å². The molecule has 3 aliphatic heterocycles. The number of halogens is 2. The molecule has 0 aromatic heterocycles. The summed E-state index contributed by atoms with van der Waals surface area (Å²) in [5, 5.41) is 5.03. The first kappa shape index (κ1) is 18.1. The predicted molar refractivity (Wildman–Crippen MR) is 108 cm³/mol. The van der Waals surface area contributed by atoms with Gasteiger partial charge in [0.05, 0.1) is 27.7 Å². The highest BCUT2D eigenvalue weighted by molar-refractivity contribution is 6.42. The number of fused-ring (bicyclic) bond motifs is 3. The third-order valence-corrected chi connectivity index (χ3v) is 7.01. The quantitative estimate of drug-likeness (QED) is 0.697. The van der Waals surface area contributed by atoms with Gasteiger partial charge in [-0.3, -0.25) is 9.59 Å². The van der Waals surface area contributed by atoms with Crippen LogP contribution < -0.4 is 4.90 Å². The first-order valence-electron chi connectivity index (χ1n) is 9.37. The maximum Gasteiger partial charge on any atom is 0.256 e. The van der Waals surface area contributed by atoms with E-state index in [1.807, 2.05) is 37.3 Å². The molecule has 0 saturated carbocycles. The Labute approximate surface area is 173 Å². The van der Waals surface area contributed by atoms with E-state index in [1.54, 1.807) is 18.2 Å². The number of carbonyl (C=O) groups excluding carboxylic acids is 2. The number of hydrazine groups is 1. The Morgan fingerprint density at radius 3 is 2.46 bits per heavy atom. The second kappa shape index (κ2) is 6.29. The molecule has 5 nitrogen and oxygen atoms in total. The molecule has 2 amide bonds. The molecule has 3 fully saturated rings. The van der Waals surface area contributed by atoms with Crippen LogP contribution in [0.1, 0.15) is 24.9 Å². The Hall–Kier alpha value is -1.92. The number of benzene rings is 2. The highest BCUT2D eigenvalue weighted by Gasteiger charge is 2.70. The van der Waals surface area contributed by atoms with Gasteiger partial charge < -0.3 is 0 Å². The summed E-state index contributed by atoms with van der Waals surface area (Å²) in [4.78, 5) is 28.5. The monoisotopic (exact) mass is 415 g/mol. The molecule has 0 N–H and O–H groups in total. The van der Waals surface area contributed by atoms with Crippen LogP contribution in [0.15, 0.2) is 48.5 Å². The fourth-order valence-electron chi connectivity index (χ4n) is 5.03. The molecule has 5 rings (SSSR count). The Bertz CT molecular complexity index is 983. The van der Waals surface area contributed by atoms with Crippen LogP contribution in [-0.2, 0) is 9.59 Å². The zero-order chi connectivity index (χ0) is 19.6. The molecule has 2 aromatic carbocycles.